The van der Waals surface area contributed by atoms with Crippen LogP contribution in [0.25, 0.3) is 0 Å². The lowest BCUT2D eigenvalue weighted by Gasteiger charge is -2.63. The summed E-state index contributed by atoms with van der Waals surface area (Å²) in [6.07, 6.45) is 2.16. The van der Waals surface area contributed by atoms with Crippen LogP contribution in [0, 0.1) is 22.2 Å². The summed E-state index contributed by atoms with van der Waals surface area (Å²) in [5.41, 5.74) is 1.85. The highest BCUT2D eigenvalue weighted by atomic mass is 35.5. The van der Waals surface area contributed by atoms with Crippen molar-refractivity contribution in [2.24, 2.45) is 10.8 Å². The number of hydrogen-bond donors (Lipinski definition) is 2. The van der Waals surface area contributed by atoms with Gasteiger partial charge in [-0.1, -0.05) is 51.4 Å². The van der Waals surface area contributed by atoms with E-state index in [0.717, 1.165) is 25.9 Å². The quantitative estimate of drug-likeness (QED) is 0.629. The summed E-state index contributed by atoms with van der Waals surface area (Å²) in [4.78, 5) is 13.1. The topological polar surface area (TPSA) is 74.2 Å². The minimum atomic E-state index is -0.283. The van der Waals surface area contributed by atoms with E-state index in [1.165, 1.54) is 5.56 Å². The normalized spacial score (nSPS) is 23.8. The average Bonchev–Trinajstić information content (AvgIpc) is 2.81. The van der Waals surface area contributed by atoms with Gasteiger partial charge in [0.2, 0.25) is 0 Å². The maximum Gasteiger partial charge on any atom is 0.251 e. The van der Waals surface area contributed by atoms with Crippen LogP contribution < -0.4 is 15.4 Å². The molecule has 2 fully saturated rings. The first kappa shape index (κ1) is 23.6. The van der Waals surface area contributed by atoms with E-state index in [1.807, 2.05) is 12.1 Å². The van der Waals surface area contributed by atoms with Gasteiger partial charge in [-0.05, 0) is 61.7 Å². The summed E-state index contributed by atoms with van der Waals surface area (Å²) < 4.78 is 6.31. The third-order valence-electron chi connectivity index (χ3n) is 7.41. The van der Waals surface area contributed by atoms with E-state index in [2.05, 4.69) is 56.5 Å². The molecule has 0 unspecified atom stereocenters. The molecule has 0 radical (unpaired) electrons. The molecule has 1 aliphatic carbocycles. The molecule has 1 saturated carbocycles. The molecule has 4 rings (SSSR count). The van der Waals surface area contributed by atoms with Crippen molar-refractivity contribution in [3.63, 3.8) is 0 Å². The smallest absolute Gasteiger partial charge is 0.251 e. The van der Waals surface area contributed by atoms with Gasteiger partial charge in [-0.25, -0.2) is 0 Å². The van der Waals surface area contributed by atoms with E-state index in [9.17, 15) is 4.79 Å². The Balaban J connectivity index is 1.43. The molecule has 0 spiro atoms. The van der Waals surface area contributed by atoms with Crippen molar-refractivity contribution in [3.8, 4) is 11.8 Å². The molecule has 6 heteroatoms. The van der Waals surface area contributed by atoms with Gasteiger partial charge in [0.25, 0.3) is 5.91 Å². The molecular formula is C27H32ClN3O2. The van der Waals surface area contributed by atoms with Crippen LogP contribution in [-0.2, 0) is 0 Å². The number of carbonyl (C=O) groups excluding carboxylic acids is 1. The SMILES string of the molecule is CC1(C)C(NC(=O)c2ccc(C3CCNCC3)cc2)C(C)(C)C1Oc1ccc(C#N)c(Cl)c1. The first-order chi connectivity index (χ1) is 15.6. The lowest BCUT2D eigenvalue weighted by molar-refractivity contribution is -0.164. The fraction of sp³-hybridized carbons (Fsp3) is 0.481. The average molecular weight is 466 g/mol. The Morgan fingerprint density at radius 3 is 2.30 bits per heavy atom. The Morgan fingerprint density at radius 2 is 1.73 bits per heavy atom. The van der Waals surface area contributed by atoms with Gasteiger partial charge in [-0.15, -0.1) is 0 Å². The van der Waals surface area contributed by atoms with Crippen molar-refractivity contribution >= 4 is 17.5 Å². The minimum Gasteiger partial charge on any atom is -0.489 e. The number of halogens is 1. The zero-order chi connectivity index (χ0) is 23.8. The monoisotopic (exact) mass is 465 g/mol. The zero-order valence-electron chi connectivity index (χ0n) is 19.7. The van der Waals surface area contributed by atoms with Crippen molar-refractivity contribution in [2.75, 3.05) is 13.1 Å². The largest absolute Gasteiger partial charge is 0.489 e. The summed E-state index contributed by atoms with van der Waals surface area (Å²) in [5.74, 6) is 1.14. The van der Waals surface area contributed by atoms with Crippen LogP contribution in [-0.4, -0.2) is 31.1 Å². The van der Waals surface area contributed by atoms with Gasteiger partial charge in [0.1, 0.15) is 17.9 Å². The molecule has 2 aliphatic rings. The van der Waals surface area contributed by atoms with Crippen LogP contribution in [0.5, 0.6) is 5.75 Å². The van der Waals surface area contributed by atoms with Gasteiger partial charge in [0.15, 0.2) is 0 Å². The fourth-order valence-electron chi connectivity index (χ4n) is 5.87. The van der Waals surface area contributed by atoms with E-state index in [4.69, 9.17) is 21.6 Å². The van der Waals surface area contributed by atoms with Crippen LogP contribution >= 0.6 is 11.6 Å². The molecule has 2 aromatic carbocycles. The third-order valence-corrected chi connectivity index (χ3v) is 7.73. The van der Waals surface area contributed by atoms with Crippen LogP contribution in [0.1, 0.15) is 67.9 Å². The minimum absolute atomic E-state index is 0.0551. The fourth-order valence-corrected chi connectivity index (χ4v) is 6.08. The second kappa shape index (κ2) is 9.00. The number of ether oxygens (including phenoxy) is 1. The molecule has 2 aromatic rings. The standard InChI is InChI=1S/C27H32ClN3O2/c1-26(2)24(27(3,4)25(26)33-21-10-9-20(16-29)22(28)15-21)31-23(32)19-7-5-17(6-8-19)18-11-13-30-14-12-18/h5-10,15,18,24-25,30H,11-14H2,1-4H3,(H,31,32). The molecule has 0 bridgehead atoms. The van der Waals surface area contributed by atoms with Crippen molar-refractivity contribution in [1.29, 1.82) is 5.26 Å². The molecule has 33 heavy (non-hydrogen) atoms. The zero-order valence-corrected chi connectivity index (χ0v) is 20.5. The number of hydrogen-bond acceptors (Lipinski definition) is 4. The number of benzene rings is 2. The van der Waals surface area contributed by atoms with Gasteiger partial charge in [0.05, 0.1) is 10.6 Å². The molecule has 1 aliphatic heterocycles. The van der Waals surface area contributed by atoms with E-state index in [0.29, 0.717) is 27.8 Å². The molecule has 1 amide bonds. The van der Waals surface area contributed by atoms with Crippen LogP contribution in [0.3, 0.4) is 0 Å². The number of nitrogens with one attached hydrogen (secondary N) is 2. The molecule has 174 valence electrons. The van der Waals surface area contributed by atoms with Crippen LogP contribution in [0.2, 0.25) is 5.02 Å². The second-order valence-electron chi connectivity index (χ2n) is 10.4. The number of rotatable bonds is 5. The molecule has 2 N–H and O–H groups in total. The number of nitriles is 1. The lowest BCUT2D eigenvalue weighted by atomic mass is 9.49. The van der Waals surface area contributed by atoms with Crippen LogP contribution in [0.15, 0.2) is 42.5 Å². The summed E-state index contributed by atoms with van der Waals surface area (Å²) in [7, 11) is 0. The summed E-state index contributed by atoms with van der Waals surface area (Å²) in [6, 6.07) is 15.2. The number of amides is 1. The Morgan fingerprint density at radius 1 is 1.09 bits per heavy atom. The van der Waals surface area contributed by atoms with Crippen molar-refractivity contribution in [2.45, 2.75) is 58.6 Å². The predicted molar refractivity (Wildman–Crippen MR) is 131 cm³/mol. The van der Waals surface area contributed by atoms with Gasteiger partial charge in [0, 0.05) is 28.5 Å². The number of carbonyl (C=O) groups is 1. The summed E-state index contributed by atoms with van der Waals surface area (Å²) in [6.45, 7) is 10.5. The van der Waals surface area contributed by atoms with E-state index in [-0.39, 0.29) is 28.9 Å². The maximum atomic E-state index is 13.1. The van der Waals surface area contributed by atoms with E-state index in [1.54, 1.807) is 18.2 Å². The first-order valence-corrected chi connectivity index (χ1v) is 12.0. The summed E-state index contributed by atoms with van der Waals surface area (Å²) in [5, 5.41) is 16.1. The first-order valence-electron chi connectivity index (χ1n) is 11.6. The Bertz CT molecular complexity index is 1050. The molecule has 5 nitrogen and oxygen atoms in total. The van der Waals surface area contributed by atoms with Gasteiger partial charge < -0.3 is 15.4 Å². The third kappa shape index (κ3) is 4.47. The number of nitrogens with zero attached hydrogens (tertiary/aromatic N) is 1. The van der Waals surface area contributed by atoms with Crippen molar-refractivity contribution in [3.05, 3.63) is 64.2 Å². The Hall–Kier alpha value is -2.55. The Kier molecular flexibility index (Phi) is 6.44. The maximum absolute atomic E-state index is 13.1. The summed E-state index contributed by atoms with van der Waals surface area (Å²) >= 11 is 6.18. The molecule has 1 saturated heterocycles. The molecular weight excluding hydrogens is 434 g/mol. The van der Waals surface area contributed by atoms with Gasteiger partial charge in [-0.2, -0.15) is 5.26 Å². The number of piperidine rings is 1. The van der Waals surface area contributed by atoms with Crippen LogP contribution in [0.4, 0.5) is 0 Å². The lowest BCUT2D eigenvalue weighted by Crippen LogP contribution is -2.74. The van der Waals surface area contributed by atoms with Crippen molar-refractivity contribution < 1.29 is 9.53 Å². The van der Waals surface area contributed by atoms with Gasteiger partial charge >= 0.3 is 0 Å². The molecule has 1 heterocycles. The van der Waals surface area contributed by atoms with Gasteiger partial charge in [-0.3, -0.25) is 4.79 Å². The van der Waals surface area contributed by atoms with Crippen molar-refractivity contribution in [1.82, 2.24) is 10.6 Å². The molecule has 0 aromatic heterocycles. The predicted octanol–water partition coefficient (Wildman–Crippen LogP) is 5.29. The highest BCUT2D eigenvalue weighted by Crippen LogP contribution is 2.55. The molecule has 0 atom stereocenters. The van der Waals surface area contributed by atoms with E-state index >= 15 is 0 Å². The second-order valence-corrected chi connectivity index (χ2v) is 10.9. The highest BCUT2D eigenvalue weighted by Gasteiger charge is 2.64. The Labute approximate surface area is 201 Å². The van der Waals surface area contributed by atoms with E-state index < -0.39 is 0 Å². The highest BCUT2D eigenvalue weighted by molar-refractivity contribution is 6.31.